The fourth-order valence-electron chi connectivity index (χ4n) is 4.36. The number of guanidine groups is 1. The third-order valence-corrected chi connectivity index (χ3v) is 6.70. The summed E-state index contributed by atoms with van der Waals surface area (Å²) in [6, 6.07) is 25.1. The van der Waals surface area contributed by atoms with Crippen molar-refractivity contribution in [3.63, 3.8) is 0 Å². The van der Waals surface area contributed by atoms with E-state index < -0.39 is 0 Å². The van der Waals surface area contributed by atoms with Crippen molar-refractivity contribution in [2.24, 2.45) is 4.99 Å². The Morgan fingerprint density at radius 2 is 1.64 bits per heavy atom. The number of rotatable bonds is 5. The lowest BCUT2D eigenvalue weighted by Gasteiger charge is -2.41. The molecule has 0 amide bonds. The second-order valence-corrected chi connectivity index (χ2v) is 9.23. The molecule has 1 saturated heterocycles. The average molecular weight is 481 g/mol. The Balaban J connectivity index is 1.49. The van der Waals surface area contributed by atoms with Gasteiger partial charge in [-0.1, -0.05) is 89.4 Å². The van der Waals surface area contributed by atoms with Gasteiger partial charge in [0.15, 0.2) is 5.96 Å². The predicted octanol–water partition coefficient (Wildman–Crippen LogP) is 5.78. The molecule has 1 aliphatic heterocycles. The number of aryl methyl sites for hydroxylation is 1. The molecule has 0 radical (unpaired) electrons. The first kappa shape index (κ1) is 23.6. The molecule has 1 atom stereocenters. The normalized spacial score (nSPS) is 16.0. The molecule has 0 saturated carbocycles. The number of nitrogens with one attached hydrogen (secondary N) is 1. The minimum absolute atomic E-state index is 0.0804. The number of benzene rings is 3. The van der Waals surface area contributed by atoms with Crippen LogP contribution < -0.4 is 5.32 Å². The predicted molar refractivity (Wildman–Crippen MR) is 139 cm³/mol. The van der Waals surface area contributed by atoms with E-state index in [1.165, 1.54) is 16.7 Å². The van der Waals surface area contributed by atoms with Crippen LogP contribution in [0.15, 0.2) is 77.8 Å². The van der Waals surface area contributed by atoms with Crippen LogP contribution in [-0.2, 0) is 6.54 Å². The maximum absolute atomic E-state index is 6.68. The molecule has 1 aliphatic rings. The van der Waals surface area contributed by atoms with Gasteiger partial charge in [-0.05, 0) is 35.7 Å². The van der Waals surface area contributed by atoms with Crippen molar-refractivity contribution in [2.45, 2.75) is 19.5 Å². The van der Waals surface area contributed by atoms with Crippen LogP contribution in [0.3, 0.4) is 0 Å². The van der Waals surface area contributed by atoms with E-state index in [1.807, 2.05) is 25.2 Å². The van der Waals surface area contributed by atoms with E-state index in [-0.39, 0.29) is 6.04 Å². The molecule has 1 fully saturated rings. The first-order valence-electron chi connectivity index (χ1n) is 11.3. The highest BCUT2D eigenvalue weighted by Gasteiger charge is 2.29. The van der Waals surface area contributed by atoms with Gasteiger partial charge in [0.05, 0.1) is 6.04 Å². The molecule has 4 rings (SSSR count). The molecule has 1 heterocycles. The number of aliphatic imine (C=N–C) groups is 1. The van der Waals surface area contributed by atoms with Gasteiger partial charge in [-0.3, -0.25) is 9.89 Å². The van der Waals surface area contributed by atoms with E-state index in [2.05, 4.69) is 81.6 Å². The van der Waals surface area contributed by atoms with Crippen LogP contribution in [0.2, 0.25) is 10.0 Å². The Morgan fingerprint density at radius 3 is 2.27 bits per heavy atom. The first-order chi connectivity index (χ1) is 16.0. The van der Waals surface area contributed by atoms with Gasteiger partial charge in [-0.2, -0.15) is 0 Å². The van der Waals surface area contributed by atoms with Gasteiger partial charge in [-0.15, -0.1) is 0 Å². The molecule has 1 N–H and O–H groups in total. The van der Waals surface area contributed by atoms with Gasteiger partial charge in [-0.25, -0.2) is 0 Å². The Hall–Kier alpha value is -2.53. The van der Waals surface area contributed by atoms with E-state index in [9.17, 15) is 0 Å². The molecule has 1 unspecified atom stereocenters. The number of halogens is 2. The van der Waals surface area contributed by atoms with E-state index in [1.54, 1.807) is 0 Å². The van der Waals surface area contributed by atoms with Crippen LogP contribution in [0.5, 0.6) is 0 Å². The molecule has 0 bridgehead atoms. The highest BCUT2D eigenvalue weighted by atomic mass is 35.5. The number of hydrogen-bond donors (Lipinski definition) is 1. The first-order valence-corrected chi connectivity index (χ1v) is 12.1. The quantitative estimate of drug-likeness (QED) is 0.370. The lowest BCUT2D eigenvalue weighted by molar-refractivity contribution is 0.148. The highest BCUT2D eigenvalue weighted by molar-refractivity contribution is 6.35. The summed E-state index contributed by atoms with van der Waals surface area (Å²) < 4.78 is 0. The standard InChI is InChI=1S/C27H30Cl2N4/c1-20-8-10-22(11-9-20)26(24-13-12-23(28)18-25(24)29)32-14-16-33(17-15-32)27(30-2)31-19-21-6-4-3-5-7-21/h3-13,18,26H,14-17,19H2,1-2H3,(H,30,31). The zero-order chi connectivity index (χ0) is 23.2. The van der Waals surface area contributed by atoms with Crippen molar-refractivity contribution < 1.29 is 0 Å². The molecule has 33 heavy (non-hydrogen) atoms. The van der Waals surface area contributed by atoms with Gasteiger partial charge in [0.1, 0.15) is 0 Å². The monoisotopic (exact) mass is 480 g/mol. The lowest BCUT2D eigenvalue weighted by atomic mass is 9.95. The summed E-state index contributed by atoms with van der Waals surface area (Å²) in [4.78, 5) is 9.35. The fraction of sp³-hybridized carbons (Fsp3) is 0.296. The summed E-state index contributed by atoms with van der Waals surface area (Å²) in [7, 11) is 1.85. The van der Waals surface area contributed by atoms with Crippen LogP contribution in [0.4, 0.5) is 0 Å². The molecule has 0 aliphatic carbocycles. The molecular formula is C27H30Cl2N4. The van der Waals surface area contributed by atoms with Crippen molar-refractivity contribution in [2.75, 3.05) is 33.2 Å². The fourth-order valence-corrected chi connectivity index (χ4v) is 4.87. The van der Waals surface area contributed by atoms with Crippen LogP contribution in [0.1, 0.15) is 28.3 Å². The third kappa shape index (κ3) is 5.89. The highest BCUT2D eigenvalue weighted by Crippen LogP contribution is 2.35. The zero-order valence-corrected chi connectivity index (χ0v) is 20.7. The molecule has 172 valence electrons. The number of nitrogens with zero attached hydrogens (tertiary/aromatic N) is 3. The molecule has 3 aromatic rings. The second kappa shape index (κ2) is 11.1. The van der Waals surface area contributed by atoms with E-state index in [0.29, 0.717) is 10.0 Å². The van der Waals surface area contributed by atoms with E-state index >= 15 is 0 Å². The summed E-state index contributed by atoms with van der Waals surface area (Å²) in [5.74, 6) is 0.940. The molecule has 3 aromatic carbocycles. The minimum Gasteiger partial charge on any atom is -0.352 e. The van der Waals surface area contributed by atoms with Gasteiger partial charge in [0.2, 0.25) is 0 Å². The summed E-state index contributed by atoms with van der Waals surface area (Å²) >= 11 is 12.9. The lowest BCUT2D eigenvalue weighted by Crippen LogP contribution is -2.53. The Bertz CT molecular complexity index is 1080. The summed E-state index contributed by atoms with van der Waals surface area (Å²) in [6.45, 7) is 6.47. The SMILES string of the molecule is CN=C(NCc1ccccc1)N1CCN(C(c2ccc(C)cc2)c2ccc(Cl)cc2Cl)CC1. The van der Waals surface area contributed by atoms with Crippen LogP contribution in [0, 0.1) is 6.92 Å². The van der Waals surface area contributed by atoms with Gasteiger partial charge in [0, 0.05) is 49.8 Å². The van der Waals surface area contributed by atoms with Crippen LogP contribution in [-0.4, -0.2) is 49.0 Å². The molecule has 4 nitrogen and oxygen atoms in total. The number of piperazine rings is 1. The van der Waals surface area contributed by atoms with E-state index in [0.717, 1.165) is 44.2 Å². The number of hydrogen-bond acceptors (Lipinski definition) is 2. The molecule has 6 heteroatoms. The second-order valence-electron chi connectivity index (χ2n) is 8.39. The van der Waals surface area contributed by atoms with E-state index in [4.69, 9.17) is 23.2 Å². The van der Waals surface area contributed by atoms with Gasteiger partial charge in [0.25, 0.3) is 0 Å². The Kier molecular flexibility index (Phi) is 7.92. The summed E-state index contributed by atoms with van der Waals surface area (Å²) in [6.07, 6.45) is 0. The minimum atomic E-state index is 0.0804. The van der Waals surface area contributed by atoms with Crippen molar-refractivity contribution in [1.29, 1.82) is 0 Å². The summed E-state index contributed by atoms with van der Waals surface area (Å²) in [5, 5.41) is 4.87. The largest absolute Gasteiger partial charge is 0.352 e. The van der Waals surface area contributed by atoms with Crippen LogP contribution >= 0.6 is 23.2 Å². The summed E-state index contributed by atoms with van der Waals surface area (Å²) in [5.41, 5.74) is 4.82. The topological polar surface area (TPSA) is 30.9 Å². The van der Waals surface area contributed by atoms with Crippen molar-refractivity contribution in [1.82, 2.24) is 15.1 Å². The molecular weight excluding hydrogens is 451 g/mol. The molecule has 0 spiro atoms. The maximum atomic E-state index is 6.68. The zero-order valence-electron chi connectivity index (χ0n) is 19.1. The van der Waals surface area contributed by atoms with Crippen molar-refractivity contribution >= 4 is 29.2 Å². The van der Waals surface area contributed by atoms with Crippen molar-refractivity contribution in [3.8, 4) is 0 Å². The maximum Gasteiger partial charge on any atom is 0.194 e. The van der Waals surface area contributed by atoms with Crippen molar-refractivity contribution in [3.05, 3.63) is 105 Å². The Morgan fingerprint density at radius 1 is 0.939 bits per heavy atom. The van der Waals surface area contributed by atoms with Gasteiger partial charge >= 0.3 is 0 Å². The van der Waals surface area contributed by atoms with Crippen LogP contribution in [0.25, 0.3) is 0 Å². The van der Waals surface area contributed by atoms with Gasteiger partial charge < -0.3 is 10.2 Å². The Labute approximate surface area is 206 Å². The molecule has 0 aromatic heterocycles. The smallest absolute Gasteiger partial charge is 0.194 e. The average Bonchev–Trinajstić information content (AvgIpc) is 2.83. The third-order valence-electron chi connectivity index (χ3n) is 6.13.